The van der Waals surface area contributed by atoms with Crippen molar-refractivity contribution in [2.75, 3.05) is 12.4 Å². The number of thiazole rings is 2. The van der Waals surface area contributed by atoms with E-state index in [1.165, 1.54) is 22.7 Å². The van der Waals surface area contributed by atoms with Gasteiger partial charge in [-0.05, 0) is 42.5 Å². The van der Waals surface area contributed by atoms with Gasteiger partial charge in [0.15, 0.2) is 5.13 Å². The summed E-state index contributed by atoms with van der Waals surface area (Å²) in [6.45, 7) is 0.125. The van der Waals surface area contributed by atoms with Crippen molar-refractivity contribution >= 4 is 49.7 Å². The van der Waals surface area contributed by atoms with Crippen molar-refractivity contribution in [3.05, 3.63) is 64.6 Å². The summed E-state index contributed by atoms with van der Waals surface area (Å²) >= 11 is 2.95. The number of aromatic nitrogens is 2. The highest BCUT2D eigenvalue weighted by Gasteiger charge is 2.11. The van der Waals surface area contributed by atoms with Gasteiger partial charge in [-0.25, -0.2) is 14.8 Å². The Morgan fingerprint density at radius 2 is 2.00 bits per heavy atom. The second kappa shape index (κ2) is 7.73. The highest BCUT2D eigenvalue weighted by molar-refractivity contribution is 7.16. The summed E-state index contributed by atoms with van der Waals surface area (Å²) in [4.78, 5) is 20.9. The van der Waals surface area contributed by atoms with Crippen LogP contribution in [0.3, 0.4) is 0 Å². The van der Waals surface area contributed by atoms with Gasteiger partial charge in [-0.2, -0.15) is 0 Å². The highest BCUT2D eigenvalue weighted by Crippen LogP contribution is 2.24. The molecule has 4 rings (SSSR count). The maximum atomic E-state index is 12.3. The predicted octanol–water partition coefficient (Wildman–Crippen LogP) is 4.86. The number of hydrogen-bond donors (Lipinski definition) is 1. The summed E-state index contributed by atoms with van der Waals surface area (Å²) < 4.78 is 11.5. The molecule has 0 aliphatic heterocycles. The van der Waals surface area contributed by atoms with Gasteiger partial charge in [0.25, 0.3) is 0 Å². The number of nitrogens with zero attached hydrogens (tertiary/aromatic N) is 2. The minimum absolute atomic E-state index is 0.125. The number of benzene rings is 2. The Balaban J connectivity index is 1.36. The highest BCUT2D eigenvalue weighted by atomic mass is 32.1. The monoisotopic (exact) mass is 397 g/mol. The molecular weight excluding hydrogens is 382 g/mol. The molecule has 0 saturated carbocycles. The van der Waals surface area contributed by atoms with E-state index in [1.54, 1.807) is 24.8 Å². The third-order valence-electron chi connectivity index (χ3n) is 3.81. The maximum absolute atomic E-state index is 12.3. The van der Waals surface area contributed by atoms with Crippen LogP contribution >= 0.6 is 22.7 Å². The van der Waals surface area contributed by atoms with E-state index in [0.29, 0.717) is 11.3 Å². The van der Waals surface area contributed by atoms with E-state index in [4.69, 9.17) is 9.47 Å². The summed E-state index contributed by atoms with van der Waals surface area (Å²) in [5.74, 6) is 0.423. The first-order valence-corrected chi connectivity index (χ1v) is 9.83. The van der Waals surface area contributed by atoms with Crippen molar-refractivity contribution in [3.8, 4) is 5.75 Å². The fourth-order valence-electron chi connectivity index (χ4n) is 2.43. The first-order chi connectivity index (χ1) is 13.2. The van der Waals surface area contributed by atoms with Gasteiger partial charge in [-0.3, -0.25) is 0 Å². The predicted molar refractivity (Wildman–Crippen MR) is 107 cm³/mol. The number of carbonyl (C=O) groups is 1. The molecule has 0 spiro atoms. The van der Waals surface area contributed by atoms with E-state index >= 15 is 0 Å². The third kappa shape index (κ3) is 4.07. The van der Waals surface area contributed by atoms with Crippen LogP contribution in [-0.2, 0) is 11.3 Å². The van der Waals surface area contributed by atoms with Gasteiger partial charge in [0.05, 0.1) is 34.1 Å². The molecule has 0 saturated heterocycles. The third-order valence-corrected chi connectivity index (χ3v) is 5.41. The Bertz CT molecular complexity index is 1070. The summed E-state index contributed by atoms with van der Waals surface area (Å²) in [5, 5.41) is 5.82. The van der Waals surface area contributed by atoms with Crippen LogP contribution in [0, 0.1) is 0 Å². The lowest BCUT2D eigenvalue weighted by Gasteiger charge is -2.04. The molecule has 8 heteroatoms. The number of methoxy groups -OCH3 is 1. The molecule has 0 aliphatic rings. The minimum atomic E-state index is -0.372. The number of ether oxygens (including phenoxy) is 2. The van der Waals surface area contributed by atoms with Gasteiger partial charge in [-0.15, -0.1) is 22.7 Å². The van der Waals surface area contributed by atoms with Crippen LogP contribution in [0.5, 0.6) is 5.75 Å². The molecule has 0 amide bonds. The molecule has 27 heavy (non-hydrogen) atoms. The average molecular weight is 397 g/mol. The molecule has 0 fully saturated rings. The Labute approximate surface area is 163 Å². The van der Waals surface area contributed by atoms with E-state index in [2.05, 4.69) is 15.3 Å². The Kier molecular flexibility index (Phi) is 4.99. The number of anilines is 2. The van der Waals surface area contributed by atoms with Crippen LogP contribution in [0.1, 0.15) is 16.1 Å². The zero-order valence-electron chi connectivity index (χ0n) is 14.3. The van der Waals surface area contributed by atoms with Crippen LogP contribution in [-0.4, -0.2) is 23.0 Å². The zero-order chi connectivity index (χ0) is 18.6. The molecular formula is C19H15N3O3S2. The van der Waals surface area contributed by atoms with Crippen molar-refractivity contribution in [1.82, 2.24) is 9.97 Å². The molecule has 4 aromatic rings. The molecule has 0 bridgehead atoms. The van der Waals surface area contributed by atoms with Crippen molar-refractivity contribution in [1.29, 1.82) is 0 Å². The SMILES string of the molecule is COc1ccc(Nc2nc(COC(=O)c3ccc4ncsc4c3)cs2)cc1. The molecule has 0 unspecified atom stereocenters. The largest absolute Gasteiger partial charge is 0.497 e. The van der Waals surface area contributed by atoms with E-state index in [-0.39, 0.29) is 12.6 Å². The van der Waals surface area contributed by atoms with Crippen molar-refractivity contribution in [3.63, 3.8) is 0 Å². The first-order valence-electron chi connectivity index (χ1n) is 8.07. The van der Waals surface area contributed by atoms with Crippen LogP contribution in [0.4, 0.5) is 10.8 Å². The van der Waals surface area contributed by atoms with Gasteiger partial charge in [0.1, 0.15) is 12.4 Å². The van der Waals surface area contributed by atoms with Gasteiger partial charge in [0, 0.05) is 11.1 Å². The molecule has 136 valence electrons. The normalized spacial score (nSPS) is 10.7. The molecule has 2 aromatic heterocycles. The molecule has 0 atom stereocenters. The standard InChI is InChI=1S/C19H15N3O3S2/c1-24-15-5-3-13(4-6-15)21-19-22-14(10-26-19)9-25-18(23)12-2-7-16-17(8-12)27-11-20-16/h2-8,10-11H,9H2,1H3,(H,21,22). The van der Waals surface area contributed by atoms with Crippen molar-refractivity contribution in [2.45, 2.75) is 6.61 Å². The minimum Gasteiger partial charge on any atom is -0.497 e. The molecule has 2 aromatic carbocycles. The van der Waals surface area contributed by atoms with Gasteiger partial charge in [-0.1, -0.05) is 0 Å². The van der Waals surface area contributed by atoms with E-state index < -0.39 is 0 Å². The van der Waals surface area contributed by atoms with Crippen molar-refractivity contribution < 1.29 is 14.3 Å². The number of nitrogens with one attached hydrogen (secondary N) is 1. The molecule has 0 aliphatic carbocycles. The summed E-state index contributed by atoms with van der Waals surface area (Å²) in [6, 6.07) is 12.9. The summed E-state index contributed by atoms with van der Waals surface area (Å²) in [5.41, 5.74) is 4.76. The van der Waals surface area contributed by atoms with Crippen LogP contribution in [0.25, 0.3) is 10.2 Å². The Morgan fingerprint density at radius 3 is 2.81 bits per heavy atom. The van der Waals surface area contributed by atoms with Crippen LogP contribution in [0.2, 0.25) is 0 Å². The number of carbonyl (C=O) groups excluding carboxylic acids is 1. The number of fused-ring (bicyclic) bond motifs is 1. The smallest absolute Gasteiger partial charge is 0.338 e. The van der Waals surface area contributed by atoms with Crippen LogP contribution < -0.4 is 10.1 Å². The molecule has 2 heterocycles. The fraction of sp³-hybridized carbons (Fsp3) is 0.105. The zero-order valence-corrected chi connectivity index (χ0v) is 16.0. The number of rotatable bonds is 6. The van der Waals surface area contributed by atoms with E-state index in [0.717, 1.165) is 26.8 Å². The molecule has 1 N–H and O–H groups in total. The Hall–Kier alpha value is -2.97. The second-order valence-corrected chi connectivity index (χ2v) is 7.35. The number of hydrogen-bond acceptors (Lipinski definition) is 8. The number of esters is 1. The van der Waals surface area contributed by atoms with Gasteiger partial charge in [0.2, 0.25) is 0 Å². The maximum Gasteiger partial charge on any atom is 0.338 e. The first kappa shape index (κ1) is 17.4. The fourth-order valence-corrected chi connectivity index (χ4v) is 3.86. The summed E-state index contributed by atoms with van der Waals surface area (Å²) in [6.07, 6.45) is 0. The lowest BCUT2D eigenvalue weighted by atomic mass is 10.2. The quantitative estimate of drug-likeness (QED) is 0.468. The lowest BCUT2D eigenvalue weighted by molar-refractivity contribution is 0.0468. The lowest BCUT2D eigenvalue weighted by Crippen LogP contribution is -2.05. The van der Waals surface area contributed by atoms with E-state index in [9.17, 15) is 4.79 Å². The second-order valence-electron chi connectivity index (χ2n) is 5.61. The Morgan fingerprint density at radius 1 is 1.15 bits per heavy atom. The molecule has 6 nitrogen and oxygen atoms in total. The molecule has 0 radical (unpaired) electrons. The topological polar surface area (TPSA) is 73.3 Å². The van der Waals surface area contributed by atoms with Gasteiger partial charge < -0.3 is 14.8 Å². The average Bonchev–Trinajstić information content (AvgIpc) is 3.35. The van der Waals surface area contributed by atoms with Gasteiger partial charge >= 0.3 is 5.97 Å². The van der Waals surface area contributed by atoms with Crippen LogP contribution in [0.15, 0.2) is 53.4 Å². The summed E-state index contributed by atoms with van der Waals surface area (Å²) in [7, 11) is 1.63. The van der Waals surface area contributed by atoms with Crippen molar-refractivity contribution in [2.24, 2.45) is 0 Å². The van der Waals surface area contributed by atoms with E-state index in [1.807, 2.05) is 35.7 Å².